The fourth-order valence-electron chi connectivity index (χ4n) is 4.03. The van der Waals surface area contributed by atoms with Gasteiger partial charge in [-0.25, -0.2) is 0 Å². The van der Waals surface area contributed by atoms with Gasteiger partial charge in [-0.2, -0.15) is 0 Å². The molecule has 0 spiro atoms. The first kappa shape index (κ1) is 16.5. The predicted molar refractivity (Wildman–Crippen MR) is 92.8 cm³/mol. The van der Waals surface area contributed by atoms with Gasteiger partial charge in [-0.15, -0.1) is 0 Å². The molecule has 118 valence electrons. The maximum absolute atomic E-state index is 3.42. The van der Waals surface area contributed by atoms with Crippen molar-refractivity contribution in [2.75, 3.05) is 13.6 Å². The highest BCUT2D eigenvalue weighted by molar-refractivity contribution is 5.28. The number of benzene rings is 1. The average Bonchev–Trinajstić information content (AvgIpc) is 2.47. The van der Waals surface area contributed by atoms with Gasteiger partial charge in [0, 0.05) is 0 Å². The average molecular weight is 287 g/mol. The van der Waals surface area contributed by atoms with E-state index in [9.17, 15) is 0 Å². The van der Waals surface area contributed by atoms with Crippen molar-refractivity contribution in [3.8, 4) is 0 Å². The van der Waals surface area contributed by atoms with E-state index in [1.165, 1.54) is 37.7 Å². The van der Waals surface area contributed by atoms with Crippen LogP contribution in [0.1, 0.15) is 63.5 Å². The monoisotopic (exact) mass is 287 g/mol. The number of hydrogen-bond donors (Lipinski definition) is 1. The van der Waals surface area contributed by atoms with E-state index in [2.05, 4.69) is 57.4 Å². The third kappa shape index (κ3) is 4.57. The summed E-state index contributed by atoms with van der Waals surface area (Å²) in [7, 11) is 2.10. The Kier molecular flexibility index (Phi) is 6.29. The van der Waals surface area contributed by atoms with E-state index in [4.69, 9.17) is 0 Å². The molecule has 0 amide bonds. The van der Waals surface area contributed by atoms with E-state index < -0.39 is 0 Å². The first-order chi connectivity index (χ1) is 10.1. The molecule has 1 aromatic carbocycles. The fourth-order valence-corrected chi connectivity index (χ4v) is 4.03. The van der Waals surface area contributed by atoms with E-state index >= 15 is 0 Å². The molecule has 1 fully saturated rings. The van der Waals surface area contributed by atoms with Crippen LogP contribution in [0.3, 0.4) is 0 Å². The van der Waals surface area contributed by atoms with Gasteiger partial charge in [0.05, 0.1) is 0 Å². The molecule has 0 saturated heterocycles. The molecule has 1 saturated carbocycles. The summed E-state index contributed by atoms with van der Waals surface area (Å²) in [6, 6.07) is 9.44. The maximum atomic E-state index is 3.42. The number of hydrogen-bond acceptors (Lipinski definition) is 1. The lowest BCUT2D eigenvalue weighted by molar-refractivity contribution is 0.228. The van der Waals surface area contributed by atoms with E-state index in [-0.39, 0.29) is 0 Å². The van der Waals surface area contributed by atoms with Gasteiger partial charge in [-0.05, 0) is 67.7 Å². The molecule has 0 aromatic heterocycles. The molecule has 2 rings (SSSR count). The third-order valence-corrected chi connectivity index (χ3v) is 5.17. The van der Waals surface area contributed by atoms with Crippen LogP contribution in [0.5, 0.6) is 0 Å². The van der Waals surface area contributed by atoms with Crippen LogP contribution in [0, 0.1) is 17.8 Å². The van der Waals surface area contributed by atoms with Crippen molar-refractivity contribution in [2.24, 2.45) is 17.8 Å². The molecule has 1 aromatic rings. The fraction of sp³-hybridized carbons (Fsp3) is 0.700. The van der Waals surface area contributed by atoms with E-state index in [0.29, 0.717) is 0 Å². The summed E-state index contributed by atoms with van der Waals surface area (Å²) in [5.41, 5.74) is 3.11. The van der Waals surface area contributed by atoms with Gasteiger partial charge in [0.25, 0.3) is 0 Å². The molecule has 3 atom stereocenters. The van der Waals surface area contributed by atoms with E-state index in [1.54, 1.807) is 5.56 Å². The standard InChI is InChI=1S/C20H33N/c1-5-16-9-10-19(14-21-4)20(13-16)18-8-6-7-17(12-18)11-15(2)3/h6-8,12,15-16,19-21H,5,9-11,13-14H2,1-4H3. The van der Waals surface area contributed by atoms with E-state index in [1.807, 2.05) is 0 Å². The summed E-state index contributed by atoms with van der Waals surface area (Å²) < 4.78 is 0. The Morgan fingerprint density at radius 1 is 1.24 bits per heavy atom. The summed E-state index contributed by atoms with van der Waals surface area (Å²) in [4.78, 5) is 0. The molecule has 0 bridgehead atoms. The van der Waals surface area contributed by atoms with Crippen LogP contribution in [0.25, 0.3) is 0 Å². The molecule has 1 aliphatic rings. The van der Waals surface area contributed by atoms with Crippen LogP contribution >= 0.6 is 0 Å². The highest BCUT2D eigenvalue weighted by Gasteiger charge is 2.30. The summed E-state index contributed by atoms with van der Waals surface area (Å²) in [5.74, 6) is 3.23. The van der Waals surface area contributed by atoms with Gasteiger partial charge in [-0.1, -0.05) is 57.9 Å². The van der Waals surface area contributed by atoms with Crippen molar-refractivity contribution in [1.82, 2.24) is 5.32 Å². The molecule has 0 radical (unpaired) electrons. The van der Waals surface area contributed by atoms with E-state index in [0.717, 1.165) is 30.2 Å². The Hall–Kier alpha value is -0.820. The Morgan fingerprint density at radius 2 is 2.05 bits per heavy atom. The minimum atomic E-state index is 0.739. The second kappa shape index (κ2) is 7.98. The van der Waals surface area contributed by atoms with Gasteiger partial charge in [-0.3, -0.25) is 0 Å². The molecule has 3 unspecified atom stereocenters. The molecule has 1 heteroatoms. The third-order valence-electron chi connectivity index (χ3n) is 5.17. The van der Waals surface area contributed by atoms with Crippen molar-refractivity contribution >= 4 is 0 Å². The zero-order valence-corrected chi connectivity index (χ0v) is 14.4. The summed E-state index contributed by atoms with van der Waals surface area (Å²) in [6.45, 7) is 8.14. The highest BCUT2D eigenvalue weighted by Crippen LogP contribution is 2.41. The quantitative estimate of drug-likeness (QED) is 0.775. The minimum absolute atomic E-state index is 0.739. The van der Waals surface area contributed by atoms with Crippen molar-refractivity contribution < 1.29 is 0 Å². The lowest BCUT2D eigenvalue weighted by Crippen LogP contribution is -2.30. The Labute approximate surface area is 131 Å². The highest BCUT2D eigenvalue weighted by atomic mass is 14.8. The van der Waals surface area contributed by atoms with Crippen LogP contribution in [0.2, 0.25) is 0 Å². The first-order valence-electron chi connectivity index (χ1n) is 8.87. The van der Waals surface area contributed by atoms with Crippen molar-refractivity contribution in [3.63, 3.8) is 0 Å². The van der Waals surface area contributed by atoms with Crippen LogP contribution in [-0.4, -0.2) is 13.6 Å². The molecule has 0 aliphatic heterocycles. The topological polar surface area (TPSA) is 12.0 Å². The summed E-state index contributed by atoms with van der Waals surface area (Å²) >= 11 is 0. The van der Waals surface area contributed by atoms with Gasteiger partial charge in [0.1, 0.15) is 0 Å². The Balaban J connectivity index is 2.18. The smallest absolute Gasteiger partial charge is 0.00177 e. The molecular formula is C20H33N. The SMILES string of the molecule is CCC1CCC(CNC)C(c2cccc(CC(C)C)c2)C1. The Bertz CT molecular complexity index is 424. The van der Waals surface area contributed by atoms with Crippen molar-refractivity contribution in [2.45, 2.75) is 58.8 Å². The molecule has 1 aliphatic carbocycles. The molecule has 1 N–H and O–H groups in total. The van der Waals surface area contributed by atoms with Crippen LogP contribution in [-0.2, 0) is 6.42 Å². The van der Waals surface area contributed by atoms with Crippen LogP contribution in [0.4, 0.5) is 0 Å². The van der Waals surface area contributed by atoms with Gasteiger partial charge in [0.15, 0.2) is 0 Å². The lowest BCUT2D eigenvalue weighted by Gasteiger charge is -2.36. The minimum Gasteiger partial charge on any atom is -0.319 e. The Morgan fingerprint density at radius 3 is 2.71 bits per heavy atom. The molecule has 0 heterocycles. The maximum Gasteiger partial charge on any atom is -0.00177 e. The zero-order valence-electron chi connectivity index (χ0n) is 14.4. The lowest BCUT2D eigenvalue weighted by atomic mass is 9.70. The van der Waals surface area contributed by atoms with Gasteiger partial charge >= 0.3 is 0 Å². The number of rotatable bonds is 6. The zero-order chi connectivity index (χ0) is 15.2. The number of nitrogens with one attached hydrogen (secondary N) is 1. The van der Waals surface area contributed by atoms with Gasteiger partial charge in [0.2, 0.25) is 0 Å². The van der Waals surface area contributed by atoms with Crippen LogP contribution < -0.4 is 5.32 Å². The van der Waals surface area contributed by atoms with Crippen molar-refractivity contribution in [1.29, 1.82) is 0 Å². The summed E-state index contributed by atoms with van der Waals surface area (Å²) in [6.07, 6.45) is 6.74. The second-order valence-electron chi connectivity index (χ2n) is 7.35. The van der Waals surface area contributed by atoms with Crippen LogP contribution in [0.15, 0.2) is 24.3 Å². The molecule has 21 heavy (non-hydrogen) atoms. The second-order valence-corrected chi connectivity index (χ2v) is 7.35. The normalized spacial score (nSPS) is 26.2. The largest absolute Gasteiger partial charge is 0.319 e. The van der Waals surface area contributed by atoms with Gasteiger partial charge < -0.3 is 5.32 Å². The molecule has 1 nitrogen and oxygen atoms in total. The first-order valence-corrected chi connectivity index (χ1v) is 8.87. The molecular weight excluding hydrogens is 254 g/mol. The summed E-state index contributed by atoms with van der Waals surface area (Å²) in [5, 5.41) is 3.42. The van der Waals surface area contributed by atoms with Crippen molar-refractivity contribution in [3.05, 3.63) is 35.4 Å². The predicted octanol–water partition coefficient (Wildman–Crippen LogP) is 5.01.